The van der Waals surface area contributed by atoms with Gasteiger partial charge in [-0.2, -0.15) is 0 Å². The number of Topliss-reactive ketones (excluding diaryl/α,β-unsaturated/α-hetero) is 2. The van der Waals surface area contributed by atoms with Crippen molar-refractivity contribution in [1.82, 2.24) is 4.90 Å². The Hall–Kier alpha value is -3.95. The molecule has 1 saturated carbocycles. The maximum absolute atomic E-state index is 14.9. The molecule has 3 aliphatic carbocycles. The number of hydrogen-bond donors (Lipinski definition) is 1. The summed E-state index contributed by atoms with van der Waals surface area (Å²) in [7, 11) is 0. The summed E-state index contributed by atoms with van der Waals surface area (Å²) in [6.07, 6.45) is 14.0. The van der Waals surface area contributed by atoms with Crippen molar-refractivity contribution in [3.63, 3.8) is 0 Å². The number of hydrogen-bond acceptors (Lipinski definition) is 8. The van der Waals surface area contributed by atoms with Gasteiger partial charge in [-0.15, -0.1) is 0 Å². The van der Waals surface area contributed by atoms with Gasteiger partial charge in [0.2, 0.25) is 5.91 Å². The molecule has 3 fully saturated rings. The largest absolute Gasteiger partial charge is 0.506 e. The third-order valence-electron chi connectivity index (χ3n) is 11.8. The number of amides is 1. The number of fused-ring (bicyclic) bond motifs is 2. The maximum Gasteiger partial charge on any atom is 0.249 e. The first-order valence-corrected chi connectivity index (χ1v) is 18.4. The van der Waals surface area contributed by atoms with E-state index in [1.807, 2.05) is 46.8 Å². The fraction of sp³-hybridized carbons (Fsp3) is 0.548. The van der Waals surface area contributed by atoms with E-state index < -0.39 is 28.3 Å². The summed E-state index contributed by atoms with van der Waals surface area (Å²) in [4.78, 5) is 44.8. The molecule has 7 aliphatic rings. The second kappa shape index (κ2) is 12.3. The van der Waals surface area contributed by atoms with Crippen LogP contribution < -0.4 is 9.47 Å². The number of morpholine rings is 1. The average molecular weight is 698 g/mol. The van der Waals surface area contributed by atoms with Crippen molar-refractivity contribution in [2.24, 2.45) is 11.8 Å². The topological polar surface area (TPSA) is 112 Å². The van der Waals surface area contributed by atoms with Crippen LogP contribution in [0.1, 0.15) is 103 Å². The van der Waals surface area contributed by atoms with Gasteiger partial charge < -0.3 is 29.0 Å². The van der Waals surface area contributed by atoms with Crippen LogP contribution in [0.2, 0.25) is 0 Å². The molecule has 1 amide bonds. The van der Waals surface area contributed by atoms with Crippen molar-refractivity contribution in [3.05, 3.63) is 69.4 Å². The molecule has 9 nitrogen and oxygen atoms in total. The van der Waals surface area contributed by atoms with E-state index in [9.17, 15) is 19.5 Å². The normalized spacial score (nSPS) is 31.2. The standard InChI is InChI=1S/C42H51NO8/c1-24(2)10-9-15-40(8)16-14-28-33(44)32-34(45)30-22-27-23-31-39(6,7)51-41(37(27)46,17-13-26(5)38(47)43-18-20-48-21-19-43)42(30,31)50-36(32)29(35(28)49-40)12-11-25(3)4/h10-11,13-14,16,22,27,31,44H,9,12,15,17-21,23H2,1-8H3/b26-13-/t27-,31+,40-,41?,42-/m1/s1. The highest BCUT2D eigenvalue weighted by Crippen LogP contribution is 2.68. The highest BCUT2D eigenvalue weighted by Gasteiger charge is 2.81. The lowest BCUT2D eigenvalue weighted by molar-refractivity contribution is -0.171. The molecule has 272 valence electrons. The smallest absolute Gasteiger partial charge is 0.249 e. The van der Waals surface area contributed by atoms with Gasteiger partial charge in [-0.05, 0) is 93.2 Å². The van der Waals surface area contributed by atoms with Gasteiger partial charge in [0, 0.05) is 48.1 Å². The summed E-state index contributed by atoms with van der Waals surface area (Å²) in [5.41, 5.74) is -0.194. The number of phenolic OH excluding ortho intramolecular Hbond substituents is 1. The lowest BCUT2D eigenvalue weighted by Gasteiger charge is -2.56. The molecule has 4 heterocycles. The molecule has 9 heteroatoms. The van der Waals surface area contributed by atoms with Gasteiger partial charge >= 0.3 is 0 Å². The number of carbonyl (C=O) groups is 3. The van der Waals surface area contributed by atoms with E-state index in [0.717, 1.165) is 12.0 Å². The lowest BCUT2D eigenvalue weighted by atomic mass is 9.51. The van der Waals surface area contributed by atoms with Crippen LogP contribution >= 0.6 is 0 Å². The molecular weight excluding hydrogens is 646 g/mol. The molecule has 4 bridgehead atoms. The van der Waals surface area contributed by atoms with E-state index in [0.29, 0.717) is 73.6 Å². The number of ketones is 2. The van der Waals surface area contributed by atoms with Gasteiger partial charge in [0.1, 0.15) is 28.4 Å². The molecule has 1 N–H and O–H groups in total. The van der Waals surface area contributed by atoms with Crippen LogP contribution in [-0.2, 0) is 25.5 Å². The predicted molar refractivity (Wildman–Crippen MR) is 194 cm³/mol. The van der Waals surface area contributed by atoms with Crippen LogP contribution in [0.3, 0.4) is 0 Å². The maximum atomic E-state index is 14.9. The Morgan fingerprint density at radius 2 is 1.69 bits per heavy atom. The summed E-state index contributed by atoms with van der Waals surface area (Å²) in [6.45, 7) is 17.8. The van der Waals surface area contributed by atoms with Crippen molar-refractivity contribution >= 4 is 23.5 Å². The van der Waals surface area contributed by atoms with E-state index in [1.165, 1.54) is 5.57 Å². The Morgan fingerprint density at radius 3 is 2.37 bits per heavy atom. The molecule has 51 heavy (non-hydrogen) atoms. The first-order chi connectivity index (χ1) is 24.0. The zero-order valence-electron chi connectivity index (χ0n) is 31.2. The number of carbonyl (C=O) groups excluding carboxylic acids is 3. The minimum Gasteiger partial charge on any atom is -0.506 e. The Labute approximate surface area is 301 Å². The monoisotopic (exact) mass is 697 g/mol. The fourth-order valence-corrected chi connectivity index (χ4v) is 9.19. The highest BCUT2D eigenvalue weighted by molar-refractivity contribution is 6.19. The van der Waals surface area contributed by atoms with Crippen molar-refractivity contribution in [2.45, 2.75) is 110 Å². The first-order valence-electron chi connectivity index (χ1n) is 18.4. The summed E-state index contributed by atoms with van der Waals surface area (Å²) in [5, 5.41) is 11.9. The molecule has 5 atom stereocenters. The van der Waals surface area contributed by atoms with Gasteiger partial charge in [-0.1, -0.05) is 35.5 Å². The Morgan fingerprint density at radius 1 is 0.980 bits per heavy atom. The van der Waals surface area contributed by atoms with Crippen LogP contribution in [0.5, 0.6) is 17.2 Å². The highest BCUT2D eigenvalue weighted by atomic mass is 16.6. The molecular formula is C42H51NO8. The summed E-state index contributed by atoms with van der Waals surface area (Å²) >= 11 is 0. The van der Waals surface area contributed by atoms with Gasteiger partial charge in [-0.3, -0.25) is 14.4 Å². The third kappa shape index (κ3) is 5.37. The van der Waals surface area contributed by atoms with Gasteiger partial charge in [0.05, 0.1) is 24.4 Å². The number of allylic oxidation sites excluding steroid dienone is 5. The van der Waals surface area contributed by atoms with Gasteiger partial charge in [-0.25, -0.2) is 0 Å². The molecule has 8 rings (SSSR count). The van der Waals surface area contributed by atoms with Crippen LogP contribution in [0.15, 0.2) is 52.7 Å². The molecule has 0 aromatic heterocycles. The number of aromatic hydroxyl groups is 1. The Balaban J connectivity index is 1.39. The van der Waals surface area contributed by atoms with Crippen LogP contribution in [0.25, 0.3) is 6.08 Å². The van der Waals surface area contributed by atoms with E-state index in [2.05, 4.69) is 26.0 Å². The predicted octanol–water partition coefficient (Wildman–Crippen LogP) is 7.01. The number of phenols is 1. The number of ether oxygens (including phenoxy) is 4. The molecule has 1 unspecified atom stereocenters. The van der Waals surface area contributed by atoms with Crippen LogP contribution in [0, 0.1) is 11.8 Å². The lowest BCUT2D eigenvalue weighted by Crippen LogP contribution is -2.72. The second-order valence-corrected chi connectivity index (χ2v) is 16.4. The number of benzene rings is 1. The number of nitrogens with zero attached hydrogens (tertiary/aromatic N) is 1. The summed E-state index contributed by atoms with van der Waals surface area (Å²) in [5.74, 6) is -1.00. The van der Waals surface area contributed by atoms with E-state index >= 15 is 0 Å². The molecule has 1 aromatic rings. The van der Waals surface area contributed by atoms with Crippen molar-refractivity contribution in [3.8, 4) is 17.2 Å². The zero-order valence-corrected chi connectivity index (χ0v) is 31.2. The minimum atomic E-state index is -1.56. The number of rotatable bonds is 8. The summed E-state index contributed by atoms with van der Waals surface area (Å²) < 4.78 is 26.5. The van der Waals surface area contributed by atoms with Gasteiger partial charge in [0.25, 0.3) is 0 Å². The third-order valence-corrected chi connectivity index (χ3v) is 11.8. The molecule has 1 spiro atoms. The Kier molecular flexibility index (Phi) is 8.57. The molecule has 2 saturated heterocycles. The van der Waals surface area contributed by atoms with Crippen molar-refractivity contribution < 1.29 is 38.4 Å². The molecule has 0 radical (unpaired) electrons. The Bertz CT molecular complexity index is 1860. The minimum absolute atomic E-state index is 0.0615. The quantitative estimate of drug-likeness (QED) is 0.228. The molecule has 4 aliphatic heterocycles. The SMILES string of the molecule is CC(C)=CCC[C@]1(C)C=Cc2c(O)c3c(c(CC=C(C)C)c2O1)O[C@]12C(=C[C@@H]4C[C@H]1C(C)(C)OC2(C/C=C(/C)C(=O)N1CCOCC1)C4=O)C3=O. The molecule has 1 aromatic carbocycles. The average Bonchev–Trinajstić information content (AvgIpc) is 3.23. The van der Waals surface area contributed by atoms with E-state index in [1.54, 1.807) is 24.0 Å². The van der Waals surface area contributed by atoms with Crippen molar-refractivity contribution in [2.75, 3.05) is 26.3 Å². The van der Waals surface area contributed by atoms with Crippen LogP contribution in [-0.4, -0.2) is 76.2 Å². The van der Waals surface area contributed by atoms with Crippen LogP contribution in [0.4, 0.5) is 0 Å². The fourth-order valence-electron chi connectivity index (χ4n) is 9.19. The second-order valence-electron chi connectivity index (χ2n) is 16.4. The first kappa shape index (κ1) is 35.5. The van der Waals surface area contributed by atoms with E-state index in [-0.39, 0.29) is 46.9 Å². The van der Waals surface area contributed by atoms with E-state index in [4.69, 9.17) is 18.9 Å². The van der Waals surface area contributed by atoms with Crippen molar-refractivity contribution in [1.29, 1.82) is 0 Å². The van der Waals surface area contributed by atoms with Gasteiger partial charge in [0.15, 0.2) is 22.8 Å². The summed E-state index contributed by atoms with van der Waals surface area (Å²) in [6, 6.07) is 0. The zero-order chi connectivity index (χ0) is 36.7.